The van der Waals surface area contributed by atoms with Gasteiger partial charge in [-0.05, 0) is 47.9 Å². The fourth-order valence-corrected chi connectivity index (χ4v) is 4.50. The van der Waals surface area contributed by atoms with Crippen LogP contribution in [0.4, 0.5) is 0 Å². The second-order valence-corrected chi connectivity index (χ2v) is 11.7. The van der Waals surface area contributed by atoms with E-state index in [-0.39, 0.29) is 18.2 Å². The molecule has 9 heteroatoms. The van der Waals surface area contributed by atoms with Gasteiger partial charge in [-0.25, -0.2) is 18.4 Å². The van der Waals surface area contributed by atoms with Crippen LogP contribution in [0.5, 0.6) is 11.5 Å². The minimum atomic E-state index is -3.22. The van der Waals surface area contributed by atoms with Gasteiger partial charge in [-0.15, -0.1) is 0 Å². The van der Waals surface area contributed by atoms with Gasteiger partial charge in [-0.2, -0.15) is 5.26 Å². The van der Waals surface area contributed by atoms with Gasteiger partial charge in [0.05, 0.1) is 22.9 Å². The Bertz CT molecular complexity index is 1350. The first-order valence-electron chi connectivity index (χ1n) is 11.6. The Morgan fingerprint density at radius 1 is 1.08 bits per heavy atom. The molecule has 0 aliphatic carbocycles. The average Bonchev–Trinajstić information content (AvgIpc) is 2.83. The lowest BCUT2D eigenvalue weighted by molar-refractivity contribution is 0.300. The minimum Gasteiger partial charge on any atom is -0.491 e. The van der Waals surface area contributed by atoms with E-state index in [2.05, 4.69) is 36.8 Å². The van der Waals surface area contributed by atoms with Crippen LogP contribution in [0.3, 0.4) is 0 Å². The molecule has 0 unspecified atom stereocenters. The summed E-state index contributed by atoms with van der Waals surface area (Å²) in [5, 5.41) is 10.1. The summed E-state index contributed by atoms with van der Waals surface area (Å²) in [5.41, 5.74) is 2.50. The van der Waals surface area contributed by atoms with Crippen molar-refractivity contribution in [1.82, 2.24) is 9.97 Å². The van der Waals surface area contributed by atoms with Gasteiger partial charge in [-0.3, -0.25) is 0 Å². The number of unbranched alkanes of at least 4 members (excludes halogenated alkanes) is 1. The Morgan fingerprint density at radius 3 is 2.44 bits per heavy atom. The lowest BCUT2D eigenvalue weighted by Gasteiger charge is -2.27. The van der Waals surface area contributed by atoms with Gasteiger partial charge in [0.1, 0.15) is 30.0 Å². The van der Waals surface area contributed by atoms with Gasteiger partial charge in [-0.1, -0.05) is 50.9 Å². The van der Waals surface area contributed by atoms with Crippen LogP contribution in [0.2, 0.25) is 5.02 Å². The highest BCUT2D eigenvalue weighted by Gasteiger charge is 2.26. The highest BCUT2D eigenvalue weighted by atomic mass is 35.5. The maximum absolute atomic E-state index is 11.5. The lowest BCUT2D eigenvalue weighted by atomic mass is 9.77. The molecule has 7 nitrogen and oxygen atoms in total. The second kappa shape index (κ2) is 11.7. The van der Waals surface area contributed by atoms with E-state index in [0.29, 0.717) is 34.4 Å². The third-order valence-corrected chi connectivity index (χ3v) is 6.81. The van der Waals surface area contributed by atoms with Gasteiger partial charge < -0.3 is 9.47 Å². The largest absolute Gasteiger partial charge is 0.491 e. The summed E-state index contributed by atoms with van der Waals surface area (Å²) in [6.45, 7) is 6.91. The third-order valence-electron chi connectivity index (χ3n) is 5.75. The van der Waals surface area contributed by atoms with Crippen LogP contribution in [0.1, 0.15) is 61.8 Å². The summed E-state index contributed by atoms with van der Waals surface area (Å²) in [6, 6.07) is 15.3. The summed E-state index contributed by atoms with van der Waals surface area (Å²) < 4.78 is 34.6. The highest BCUT2D eigenvalue weighted by Crippen LogP contribution is 2.38. The van der Waals surface area contributed by atoms with E-state index in [0.717, 1.165) is 30.2 Å². The van der Waals surface area contributed by atoms with E-state index in [9.17, 15) is 13.7 Å². The number of hydrogen-bond acceptors (Lipinski definition) is 7. The molecule has 0 N–H and O–H groups in total. The fourth-order valence-electron chi connectivity index (χ4n) is 3.62. The molecule has 0 spiro atoms. The Morgan fingerprint density at radius 2 is 1.81 bits per heavy atom. The number of halogens is 1. The molecule has 0 fully saturated rings. The van der Waals surface area contributed by atoms with Crippen LogP contribution < -0.4 is 9.47 Å². The highest BCUT2D eigenvalue weighted by molar-refractivity contribution is 7.89. The average molecular weight is 528 g/mol. The molecule has 0 bridgehead atoms. The Kier molecular flexibility index (Phi) is 8.93. The first-order chi connectivity index (χ1) is 17.0. The van der Waals surface area contributed by atoms with Crippen LogP contribution in [-0.4, -0.2) is 31.2 Å². The summed E-state index contributed by atoms with van der Waals surface area (Å²) in [5.74, 6) is 1.11. The number of aromatic nitrogens is 2. The topological polar surface area (TPSA) is 102 Å². The molecule has 1 heterocycles. The molecule has 0 amide bonds. The van der Waals surface area contributed by atoms with E-state index in [1.54, 1.807) is 6.07 Å². The van der Waals surface area contributed by atoms with Crippen LogP contribution in [-0.2, 0) is 27.6 Å². The van der Waals surface area contributed by atoms with Crippen molar-refractivity contribution in [2.45, 2.75) is 51.4 Å². The van der Waals surface area contributed by atoms with Crippen molar-refractivity contribution in [3.63, 3.8) is 0 Å². The predicted octanol–water partition coefficient (Wildman–Crippen LogP) is 5.63. The first kappa shape index (κ1) is 27.4. The normalized spacial score (nSPS) is 11.7. The number of benzene rings is 2. The molecule has 1 aromatic heterocycles. The molecular weight excluding hydrogens is 498 g/mol. The van der Waals surface area contributed by atoms with Gasteiger partial charge in [0.25, 0.3) is 0 Å². The number of hydrogen-bond donors (Lipinski definition) is 0. The number of nitriles is 1. The molecule has 0 aliphatic heterocycles. The van der Waals surface area contributed by atoms with E-state index in [1.165, 1.54) is 6.20 Å². The smallest absolute Gasteiger partial charge is 0.155 e. The quantitative estimate of drug-likeness (QED) is 0.298. The van der Waals surface area contributed by atoms with Crippen molar-refractivity contribution in [2.24, 2.45) is 0 Å². The molecule has 0 saturated heterocycles. The molecule has 0 radical (unpaired) electrons. The molecule has 3 rings (SSSR count). The van der Waals surface area contributed by atoms with Crippen LogP contribution >= 0.6 is 11.6 Å². The van der Waals surface area contributed by atoms with E-state index in [4.69, 9.17) is 21.1 Å². The van der Waals surface area contributed by atoms with Gasteiger partial charge in [0, 0.05) is 17.9 Å². The van der Waals surface area contributed by atoms with Crippen molar-refractivity contribution in [3.05, 3.63) is 81.9 Å². The molecule has 190 valence electrons. The molecule has 36 heavy (non-hydrogen) atoms. The lowest BCUT2D eigenvalue weighted by Crippen LogP contribution is -2.19. The zero-order chi connectivity index (χ0) is 26.3. The van der Waals surface area contributed by atoms with Crippen LogP contribution in [0.25, 0.3) is 0 Å². The summed E-state index contributed by atoms with van der Waals surface area (Å²) in [4.78, 5) is 8.27. The van der Waals surface area contributed by atoms with Gasteiger partial charge >= 0.3 is 0 Å². The first-order valence-corrected chi connectivity index (χ1v) is 14.1. The number of sulfone groups is 1. The zero-order valence-electron chi connectivity index (χ0n) is 20.9. The predicted molar refractivity (Wildman–Crippen MR) is 140 cm³/mol. The molecule has 0 saturated carbocycles. The monoisotopic (exact) mass is 527 g/mol. The molecular formula is C27H30ClN3O4S. The van der Waals surface area contributed by atoms with Crippen molar-refractivity contribution < 1.29 is 17.9 Å². The van der Waals surface area contributed by atoms with Gasteiger partial charge in [0.2, 0.25) is 0 Å². The van der Waals surface area contributed by atoms with Crippen LogP contribution in [0, 0.1) is 11.3 Å². The molecule has 0 atom stereocenters. The van der Waals surface area contributed by atoms with E-state index < -0.39 is 15.3 Å². The van der Waals surface area contributed by atoms with Crippen molar-refractivity contribution >= 4 is 21.4 Å². The number of rotatable bonds is 11. The maximum atomic E-state index is 11.5. The van der Waals surface area contributed by atoms with Crippen LogP contribution in [0.15, 0.2) is 48.7 Å². The Hall–Kier alpha value is -3.15. The van der Waals surface area contributed by atoms with Gasteiger partial charge in [0.15, 0.2) is 15.6 Å². The Labute approximate surface area is 218 Å². The molecule has 0 aliphatic rings. The Balaban J connectivity index is 1.74. The third kappa shape index (κ3) is 7.19. The second-order valence-electron chi connectivity index (χ2n) is 9.12. The van der Waals surface area contributed by atoms with Crippen molar-refractivity contribution in [2.75, 3.05) is 12.9 Å². The number of ether oxygens (including phenoxy) is 2. The zero-order valence-corrected chi connectivity index (χ0v) is 22.5. The standard InChI is InChI=1S/C27H30ClN3O4S/c1-5-6-13-34-26-19(16-29)14-21(15-24(26)28)27(2,3)20-7-9-23(10-8-20)35-17-22-11-12-30-25(31-22)18-36(4,32)33/h7-12,14-15H,5-6,13,17-18H2,1-4H3. The summed E-state index contributed by atoms with van der Waals surface area (Å²) in [6.07, 6.45) is 4.56. The van der Waals surface area contributed by atoms with Crippen molar-refractivity contribution in [1.29, 1.82) is 5.26 Å². The van der Waals surface area contributed by atoms with E-state index in [1.807, 2.05) is 36.4 Å². The maximum Gasteiger partial charge on any atom is 0.155 e. The molecule has 3 aromatic rings. The number of nitrogens with zero attached hydrogens (tertiary/aromatic N) is 3. The summed E-state index contributed by atoms with van der Waals surface area (Å²) >= 11 is 6.52. The SMILES string of the molecule is CCCCOc1c(Cl)cc(C(C)(C)c2ccc(OCc3ccnc(CS(C)(=O)=O)n3)cc2)cc1C#N. The van der Waals surface area contributed by atoms with Crippen molar-refractivity contribution in [3.8, 4) is 17.6 Å². The fraction of sp³-hybridized carbons (Fsp3) is 0.370. The summed E-state index contributed by atoms with van der Waals surface area (Å²) in [7, 11) is -3.22. The van der Waals surface area contributed by atoms with E-state index >= 15 is 0 Å². The molecule has 2 aromatic carbocycles. The minimum absolute atomic E-state index is 0.183.